The molecule has 4 nitrogen and oxygen atoms in total. The minimum Gasteiger partial charge on any atom is -0.287 e. The second-order valence-electron chi connectivity index (χ2n) is 3.25. The largest absolute Gasteiger partial charge is 0.287 e. The second kappa shape index (κ2) is 3.86. The Hall–Kier alpha value is -1.62. The molecule has 0 atom stereocenters. The van der Waals surface area contributed by atoms with Gasteiger partial charge in [0, 0.05) is 22.8 Å². The first-order valence-electron chi connectivity index (χ1n) is 4.43. The highest BCUT2D eigenvalue weighted by molar-refractivity contribution is 7.03. The molecule has 0 N–H and O–H groups in total. The van der Waals surface area contributed by atoms with Crippen LogP contribution in [0, 0.1) is 13.8 Å². The fourth-order valence-corrected chi connectivity index (χ4v) is 1.62. The SMILES string of the molecule is Cc1cc(C(=O)c2csnn2)cnc1C. The smallest absolute Gasteiger partial charge is 0.215 e. The number of pyridine rings is 1. The molecule has 2 heterocycles. The summed E-state index contributed by atoms with van der Waals surface area (Å²) < 4.78 is 3.66. The molecule has 76 valence electrons. The summed E-state index contributed by atoms with van der Waals surface area (Å²) in [5, 5.41) is 5.37. The van der Waals surface area contributed by atoms with E-state index in [0.717, 1.165) is 11.3 Å². The van der Waals surface area contributed by atoms with Crippen LogP contribution in [0.3, 0.4) is 0 Å². The van der Waals surface area contributed by atoms with E-state index < -0.39 is 0 Å². The van der Waals surface area contributed by atoms with Crippen LogP contribution in [-0.4, -0.2) is 20.4 Å². The van der Waals surface area contributed by atoms with E-state index in [4.69, 9.17) is 0 Å². The molecule has 0 bridgehead atoms. The van der Waals surface area contributed by atoms with Crippen molar-refractivity contribution in [3.63, 3.8) is 0 Å². The highest BCUT2D eigenvalue weighted by atomic mass is 32.1. The maximum absolute atomic E-state index is 11.8. The number of nitrogens with zero attached hydrogens (tertiary/aromatic N) is 3. The van der Waals surface area contributed by atoms with Crippen molar-refractivity contribution in [1.82, 2.24) is 14.6 Å². The summed E-state index contributed by atoms with van der Waals surface area (Å²) in [6, 6.07) is 1.82. The van der Waals surface area contributed by atoms with Crippen LogP contribution in [0.4, 0.5) is 0 Å². The van der Waals surface area contributed by atoms with Crippen LogP contribution in [0.1, 0.15) is 27.3 Å². The number of carbonyl (C=O) groups is 1. The molecule has 0 unspecified atom stereocenters. The van der Waals surface area contributed by atoms with Crippen LogP contribution in [-0.2, 0) is 0 Å². The summed E-state index contributed by atoms with van der Waals surface area (Å²) in [6.07, 6.45) is 1.57. The summed E-state index contributed by atoms with van der Waals surface area (Å²) in [5.74, 6) is -0.126. The van der Waals surface area contributed by atoms with Crippen LogP contribution in [0.5, 0.6) is 0 Å². The van der Waals surface area contributed by atoms with Crippen molar-refractivity contribution >= 4 is 17.3 Å². The van der Waals surface area contributed by atoms with Crippen molar-refractivity contribution in [3.05, 3.63) is 40.2 Å². The molecule has 2 aromatic heterocycles. The highest BCUT2D eigenvalue weighted by Gasteiger charge is 2.12. The molecule has 0 aromatic carbocycles. The van der Waals surface area contributed by atoms with Crippen LogP contribution in [0.25, 0.3) is 0 Å². The van der Waals surface area contributed by atoms with E-state index >= 15 is 0 Å². The van der Waals surface area contributed by atoms with Crippen LogP contribution >= 0.6 is 11.5 Å². The Balaban J connectivity index is 2.39. The standard InChI is InChI=1S/C10H9N3OS/c1-6-3-8(4-11-7(6)2)10(14)9-5-15-13-12-9/h3-5H,1-2H3. The van der Waals surface area contributed by atoms with Crippen LogP contribution in [0.15, 0.2) is 17.6 Å². The van der Waals surface area contributed by atoms with Crippen LogP contribution in [0.2, 0.25) is 0 Å². The summed E-state index contributed by atoms with van der Waals surface area (Å²) in [5.41, 5.74) is 2.88. The van der Waals surface area contributed by atoms with Gasteiger partial charge in [0.25, 0.3) is 0 Å². The third-order valence-corrected chi connectivity index (χ3v) is 2.70. The van der Waals surface area contributed by atoms with Gasteiger partial charge in [0.05, 0.1) is 0 Å². The predicted octanol–water partition coefficient (Wildman–Crippen LogP) is 1.78. The van der Waals surface area contributed by atoms with E-state index in [1.165, 1.54) is 11.5 Å². The topological polar surface area (TPSA) is 55.7 Å². The molecule has 2 aromatic rings. The van der Waals surface area contributed by atoms with Gasteiger partial charge in [-0.3, -0.25) is 9.78 Å². The van der Waals surface area contributed by atoms with E-state index in [1.807, 2.05) is 19.9 Å². The van der Waals surface area contributed by atoms with E-state index in [9.17, 15) is 4.79 Å². The first kappa shape index (κ1) is 9.92. The number of rotatable bonds is 2. The van der Waals surface area contributed by atoms with Gasteiger partial charge < -0.3 is 0 Å². The Bertz CT molecular complexity index is 493. The van der Waals surface area contributed by atoms with E-state index in [0.29, 0.717) is 11.3 Å². The molecule has 0 aliphatic heterocycles. The molecular formula is C10H9N3OS. The lowest BCUT2D eigenvalue weighted by molar-refractivity contribution is 0.103. The van der Waals surface area contributed by atoms with Gasteiger partial charge in [-0.1, -0.05) is 4.49 Å². The minimum absolute atomic E-state index is 0.126. The highest BCUT2D eigenvalue weighted by Crippen LogP contribution is 2.11. The Labute approximate surface area is 91.2 Å². The predicted molar refractivity (Wildman–Crippen MR) is 57.1 cm³/mol. The van der Waals surface area contributed by atoms with Crippen molar-refractivity contribution in [1.29, 1.82) is 0 Å². The molecule has 0 amide bonds. The first-order chi connectivity index (χ1) is 7.18. The average Bonchev–Trinajstić information content (AvgIpc) is 2.74. The van der Waals surface area contributed by atoms with E-state index in [2.05, 4.69) is 14.6 Å². The van der Waals surface area contributed by atoms with Crippen molar-refractivity contribution in [3.8, 4) is 0 Å². The number of ketones is 1. The lowest BCUT2D eigenvalue weighted by atomic mass is 10.1. The molecular weight excluding hydrogens is 210 g/mol. The fourth-order valence-electron chi connectivity index (χ4n) is 1.18. The Morgan fingerprint density at radius 2 is 2.20 bits per heavy atom. The monoisotopic (exact) mass is 219 g/mol. The molecule has 0 saturated heterocycles. The van der Waals surface area contributed by atoms with Gasteiger partial charge in [0.15, 0.2) is 0 Å². The van der Waals surface area contributed by atoms with Crippen molar-refractivity contribution in [2.45, 2.75) is 13.8 Å². The maximum atomic E-state index is 11.8. The number of hydrogen-bond acceptors (Lipinski definition) is 5. The Kier molecular flexibility index (Phi) is 2.55. The number of hydrogen-bond donors (Lipinski definition) is 0. The molecule has 5 heteroatoms. The van der Waals surface area contributed by atoms with Crippen molar-refractivity contribution < 1.29 is 4.79 Å². The summed E-state index contributed by atoms with van der Waals surface area (Å²) in [4.78, 5) is 16.0. The summed E-state index contributed by atoms with van der Waals surface area (Å²) in [7, 11) is 0. The van der Waals surface area contributed by atoms with Gasteiger partial charge in [0.2, 0.25) is 5.78 Å². The maximum Gasteiger partial charge on any atom is 0.215 e. The first-order valence-corrected chi connectivity index (χ1v) is 5.27. The molecule has 0 aliphatic rings. The molecule has 0 spiro atoms. The lowest BCUT2D eigenvalue weighted by Gasteiger charge is -2.01. The van der Waals surface area contributed by atoms with E-state index in [-0.39, 0.29) is 5.78 Å². The van der Waals surface area contributed by atoms with Crippen molar-refractivity contribution in [2.24, 2.45) is 0 Å². The van der Waals surface area contributed by atoms with Gasteiger partial charge in [-0.2, -0.15) is 0 Å². The number of aryl methyl sites for hydroxylation is 2. The summed E-state index contributed by atoms with van der Waals surface area (Å²) >= 11 is 1.17. The molecule has 0 saturated carbocycles. The zero-order valence-corrected chi connectivity index (χ0v) is 9.21. The lowest BCUT2D eigenvalue weighted by Crippen LogP contribution is -2.03. The quantitative estimate of drug-likeness (QED) is 0.722. The molecule has 15 heavy (non-hydrogen) atoms. The number of aromatic nitrogens is 3. The molecule has 0 fully saturated rings. The van der Waals surface area contributed by atoms with Gasteiger partial charge in [-0.25, -0.2) is 0 Å². The van der Waals surface area contributed by atoms with Gasteiger partial charge >= 0.3 is 0 Å². The van der Waals surface area contributed by atoms with E-state index in [1.54, 1.807) is 11.6 Å². The fraction of sp³-hybridized carbons (Fsp3) is 0.200. The van der Waals surface area contributed by atoms with Gasteiger partial charge in [-0.05, 0) is 37.0 Å². The normalized spacial score (nSPS) is 10.3. The second-order valence-corrected chi connectivity index (χ2v) is 3.86. The van der Waals surface area contributed by atoms with Crippen molar-refractivity contribution in [2.75, 3.05) is 0 Å². The Morgan fingerprint density at radius 3 is 2.80 bits per heavy atom. The van der Waals surface area contributed by atoms with Gasteiger partial charge in [-0.15, -0.1) is 5.10 Å². The zero-order chi connectivity index (χ0) is 10.8. The zero-order valence-electron chi connectivity index (χ0n) is 8.39. The molecule has 0 radical (unpaired) electrons. The van der Waals surface area contributed by atoms with Crippen LogP contribution < -0.4 is 0 Å². The average molecular weight is 219 g/mol. The third kappa shape index (κ3) is 1.92. The Morgan fingerprint density at radius 1 is 1.40 bits per heavy atom. The molecule has 0 aliphatic carbocycles. The molecule has 2 rings (SSSR count). The third-order valence-electron chi connectivity index (χ3n) is 2.19. The van der Waals surface area contributed by atoms with Gasteiger partial charge in [0.1, 0.15) is 5.69 Å². The number of carbonyl (C=O) groups excluding carboxylic acids is 1. The minimum atomic E-state index is -0.126. The summed E-state index contributed by atoms with van der Waals surface area (Å²) in [6.45, 7) is 3.84.